The molecule has 2 aromatic rings. The number of hydrogen-bond acceptors (Lipinski definition) is 8. The van der Waals surface area contributed by atoms with Crippen LogP contribution in [0, 0.1) is 10.1 Å². The minimum absolute atomic E-state index is 0.0560. The third kappa shape index (κ3) is 5.28. The highest BCUT2D eigenvalue weighted by atomic mass is 32.2. The molecule has 11 nitrogen and oxygen atoms in total. The number of nitrogens with one attached hydrogen (secondary N) is 1. The van der Waals surface area contributed by atoms with Gasteiger partial charge in [-0.1, -0.05) is 31.4 Å². The number of hydrazone groups is 1. The van der Waals surface area contributed by atoms with Gasteiger partial charge in [-0.25, -0.2) is 5.01 Å². The Hall–Kier alpha value is -3.54. The van der Waals surface area contributed by atoms with E-state index in [1.54, 1.807) is 18.2 Å². The van der Waals surface area contributed by atoms with E-state index >= 15 is 0 Å². The van der Waals surface area contributed by atoms with Crippen molar-refractivity contribution in [3.05, 3.63) is 57.8 Å². The maximum atomic E-state index is 12.5. The third-order valence-corrected chi connectivity index (χ3v) is 6.82. The Morgan fingerprint density at radius 2 is 2.00 bits per heavy atom. The maximum Gasteiger partial charge on any atom is 0.433 e. The molecule has 0 bridgehead atoms. The summed E-state index contributed by atoms with van der Waals surface area (Å²) in [5.41, 5.74) is 0.368. The Labute approximate surface area is 190 Å². The number of amidine groups is 1. The lowest BCUT2D eigenvalue weighted by Crippen LogP contribution is -2.38. The molecule has 0 atom stereocenters. The zero-order valence-electron chi connectivity index (χ0n) is 17.7. The van der Waals surface area contributed by atoms with Gasteiger partial charge in [0.25, 0.3) is 10.0 Å². The molecule has 0 spiro atoms. The third-order valence-electron chi connectivity index (χ3n) is 5.49. The highest BCUT2D eigenvalue weighted by Crippen LogP contribution is 2.28. The summed E-state index contributed by atoms with van der Waals surface area (Å²) in [6.07, 6.45) is 6.53. The first-order chi connectivity index (χ1) is 15.8. The lowest BCUT2D eigenvalue weighted by Gasteiger charge is -2.23. The van der Waals surface area contributed by atoms with Gasteiger partial charge in [-0.2, -0.15) is 13.5 Å². The molecule has 1 fully saturated rings. The number of nitro groups is 1. The fraction of sp³-hybridized carbons (Fsp3) is 0.381. The summed E-state index contributed by atoms with van der Waals surface area (Å²) in [6, 6.07) is 9.06. The van der Waals surface area contributed by atoms with Crippen molar-refractivity contribution < 1.29 is 22.6 Å². The van der Waals surface area contributed by atoms with E-state index in [2.05, 4.69) is 14.8 Å². The lowest BCUT2D eigenvalue weighted by atomic mass is 9.95. The summed E-state index contributed by atoms with van der Waals surface area (Å²) in [7, 11) is -3.89. The zero-order valence-corrected chi connectivity index (χ0v) is 18.5. The first kappa shape index (κ1) is 22.6. The second-order valence-corrected chi connectivity index (χ2v) is 9.41. The average molecular weight is 474 g/mol. The highest BCUT2D eigenvalue weighted by Gasteiger charge is 2.32. The molecule has 1 N–H and O–H groups in total. The number of amides is 1. The molecule has 2 heterocycles. The summed E-state index contributed by atoms with van der Waals surface area (Å²) < 4.78 is 33.9. The summed E-state index contributed by atoms with van der Waals surface area (Å²) in [6.45, 7) is 0.0561. The van der Waals surface area contributed by atoms with Crippen molar-refractivity contribution >= 4 is 33.9 Å². The Bertz CT molecular complexity index is 1210. The molecule has 1 aliphatic carbocycles. The van der Waals surface area contributed by atoms with Gasteiger partial charge in [0.15, 0.2) is 11.6 Å². The SMILES string of the molecule is O=C(CCN(/N=C/c1ccc([N+](=O)[O-])o1)C1=NS(=O)(=O)c2ccccc21)NC1CCCCC1. The molecule has 1 aromatic heterocycles. The van der Waals surface area contributed by atoms with E-state index in [-0.39, 0.29) is 41.4 Å². The molecule has 0 radical (unpaired) electrons. The van der Waals surface area contributed by atoms with E-state index in [0.717, 1.165) is 25.7 Å². The number of nitrogens with zero attached hydrogens (tertiary/aromatic N) is 4. The molecule has 33 heavy (non-hydrogen) atoms. The van der Waals surface area contributed by atoms with Gasteiger partial charge < -0.3 is 9.73 Å². The number of carbonyl (C=O) groups excluding carboxylic acids is 1. The van der Waals surface area contributed by atoms with Crippen LogP contribution in [0.5, 0.6) is 0 Å². The maximum absolute atomic E-state index is 12.5. The van der Waals surface area contributed by atoms with Crippen LogP contribution >= 0.6 is 0 Å². The van der Waals surface area contributed by atoms with Gasteiger partial charge in [-0.05, 0) is 31.0 Å². The molecule has 1 aromatic carbocycles. The predicted octanol–water partition coefficient (Wildman–Crippen LogP) is 2.81. The molecule has 12 heteroatoms. The molecule has 1 amide bonds. The van der Waals surface area contributed by atoms with E-state index < -0.39 is 20.8 Å². The average Bonchev–Trinajstić information content (AvgIpc) is 3.38. The monoisotopic (exact) mass is 473 g/mol. The highest BCUT2D eigenvalue weighted by molar-refractivity contribution is 7.90. The summed E-state index contributed by atoms with van der Waals surface area (Å²) in [4.78, 5) is 22.7. The van der Waals surface area contributed by atoms with Crippen molar-refractivity contribution in [3.8, 4) is 0 Å². The summed E-state index contributed by atoms with van der Waals surface area (Å²) in [5.74, 6) is -0.423. The van der Waals surface area contributed by atoms with E-state index in [1.807, 2.05) is 0 Å². The van der Waals surface area contributed by atoms with Crippen molar-refractivity contribution in [3.63, 3.8) is 0 Å². The van der Waals surface area contributed by atoms with Gasteiger partial charge in [-0.15, -0.1) is 4.40 Å². The number of furan rings is 1. The Morgan fingerprint density at radius 1 is 1.24 bits per heavy atom. The number of rotatable bonds is 7. The number of hydrogen-bond donors (Lipinski definition) is 1. The minimum atomic E-state index is -3.89. The summed E-state index contributed by atoms with van der Waals surface area (Å²) >= 11 is 0. The minimum Gasteiger partial charge on any atom is -0.400 e. The van der Waals surface area contributed by atoms with Crippen molar-refractivity contribution in [2.24, 2.45) is 9.50 Å². The Balaban J connectivity index is 1.55. The smallest absolute Gasteiger partial charge is 0.400 e. The number of sulfonamides is 1. The Kier molecular flexibility index (Phi) is 6.54. The first-order valence-electron chi connectivity index (χ1n) is 10.6. The topological polar surface area (TPSA) is 147 Å². The van der Waals surface area contributed by atoms with E-state index in [1.165, 1.54) is 35.8 Å². The van der Waals surface area contributed by atoms with Crippen LogP contribution < -0.4 is 5.32 Å². The second-order valence-electron chi connectivity index (χ2n) is 7.84. The first-order valence-corrected chi connectivity index (χ1v) is 12.1. The molecule has 1 aliphatic heterocycles. The van der Waals surface area contributed by atoms with Gasteiger partial charge in [-0.3, -0.25) is 14.9 Å². The molecule has 174 valence electrons. The van der Waals surface area contributed by atoms with Gasteiger partial charge >= 0.3 is 5.88 Å². The van der Waals surface area contributed by atoms with Crippen molar-refractivity contribution in [2.75, 3.05) is 6.54 Å². The molecular formula is C21H23N5O6S. The van der Waals surface area contributed by atoms with Crippen molar-refractivity contribution in [1.29, 1.82) is 0 Å². The van der Waals surface area contributed by atoms with Crippen LogP contribution in [0.1, 0.15) is 49.8 Å². The normalized spacial score (nSPS) is 17.5. The Morgan fingerprint density at radius 3 is 2.73 bits per heavy atom. The van der Waals surface area contributed by atoms with Gasteiger partial charge in [0, 0.05) is 18.0 Å². The summed E-state index contributed by atoms with van der Waals surface area (Å²) in [5, 5.41) is 19.4. The van der Waals surface area contributed by atoms with Gasteiger partial charge in [0.1, 0.15) is 9.82 Å². The van der Waals surface area contributed by atoms with E-state index in [9.17, 15) is 23.3 Å². The largest absolute Gasteiger partial charge is 0.433 e. The van der Waals surface area contributed by atoms with Crippen LogP contribution in [0.4, 0.5) is 5.88 Å². The number of carbonyl (C=O) groups is 1. The van der Waals surface area contributed by atoms with Crippen LogP contribution in [-0.4, -0.2) is 48.9 Å². The zero-order chi connectivity index (χ0) is 23.4. The number of fused-ring (bicyclic) bond motifs is 1. The quantitative estimate of drug-likeness (QED) is 0.369. The lowest BCUT2D eigenvalue weighted by molar-refractivity contribution is -0.402. The molecule has 2 aliphatic rings. The molecule has 0 unspecified atom stereocenters. The number of benzene rings is 1. The molecule has 1 saturated carbocycles. The molecular weight excluding hydrogens is 450 g/mol. The van der Waals surface area contributed by atoms with Crippen LogP contribution in [0.25, 0.3) is 0 Å². The van der Waals surface area contributed by atoms with E-state index in [4.69, 9.17) is 4.42 Å². The second kappa shape index (κ2) is 9.53. The van der Waals surface area contributed by atoms with Gasteiger partial charge in [0.2, 0.25) is 5.91 Å². The predicted molar refractivity (Wildman–Crippen MR) is 119 cm³/mol. The van der Waals surface area contributed by atoms with Crippen LogP contribution in [-0.2, 0) is 14.8 Å². The van der Waals surface area contributed by atoms with Crippen molar-refractivity contribution in [1.82, 2.24) is 10.3 Å². The standard InChI is InChI=1S/C21H23N5O6S/c27-19(23-15-6-2-1-3-7-15)12-13-25(22-14-16-10-11-20(32-16)26(28)29)21-17-8-4-5-9-18(17)33(30,31)24-21/h4-5,8-11,14-15H,1-3,6-7,12-13H2,(H,23,27)/b22-14+. The fourth-order valence-electron chi connectivity index (χ4n) is 3.88. The van der Waals surface area contributed by atoms with Crippen molar-refractivity contribution in [2.45, 2.75) is 49.5 Å². The van der Waals surface area contributed by atoms with Gasteiger partial charge in [0.05, 0.1) is 18.8 Å². The van der Waals surface area contributed by atoms with Crippen LogP contribution in [0.15, 0.2) is 55.2 Å². The molecule has 4 rings (SSSR count). The van der Waals surface area contributed by atoms with Crippen LogP contribution in [0.2, 0.25) is 0 Å². The molecule has 0 saturated heterocycles. The van der Waals surface area contributed by atoms with Crippen LogP contribution in [0.3, 0.4) is 0 Å². The fourth-order valence-corrected chi connectivity index (χ4v) is 5.09. The van der Waals surface area contributed by atoms with E-state index in [0.29, 0.717) is 5.56 Å².